The molecule has 1 aliphatic rings. The molecule has 4 rings (SSSR count). The molecule has 0 spiro atoms. The highest BCUT2D eigenvalue weighted by molar-refractivity contribution is 5.95. The van der Waals surface area contributed by atoms with Crippen LogP contribution in [0.1, 0.15) is 55.2 Å². The fourth-order valence-electron chi connectivity index (χ4n) is 4.44. The molecule has 0 aromatic heterocycles. The molecule has 37 heavy (non-hydrogen) atoms. The second-order valence-corrected chi connectivity index (χ2v) is 10.6. The number of ether oxygens (including phenoxy) is 1. The van der Waals surface area contributed by atoms with Crippen LogP contribution >= 0.6 is 0 Å². The van der Waals surface area contributed by atoms with Gasteiger partial charge < -0.3 is 20.1 Å². The van der Waals surface area contributed by atoms with Gasteiger partial charge in [-0.15, -0.1) is 0 Å². The van der Waals surface area contributed by atoms with Crippen LogP contribution in [0.15, 0.2) is 77.8 Å². The van der Waals surface area contributed by atoms with Crippen LogP contribution in [0, 0.1) is 0 Å². The number of nitrogens with zero attached hydrogens (tertiary/aromatic N) is 2. The summed E-state index contributed by atoms with van der Waals surface area (Å²) in [5.41, 5.74) is 5.28. The van der Waals surface area contributed by atoms with Gasteiger partial charge in [0.2, 0.25) is 0 Å². The molecule has 0 fully saturated rings. The highest BCUT2D eigenvalue weighted by Crippen LogP contribution is 2.34. The van der Waals surface area contributed by atoms with Crippen molar-refractivity contribution in [2.75, 3.05) is 20.2 Å². The molecule has 0 unspecified atom stereocenters. The molecule has 2 atom stereocenters. The zero-order valence-corrected chi connectivity index (χ0v) is 22.4. The number of benzene rings is 3. The summed E-state index contributed by atoms with van der Waals surface area (Å²) in [7, 11) is 1.99. The Morgan fingerprint density at radius 3 is 2.41 bits per heavy atom. The Morgan fingerprint density at radius 2 is 1.73 bits per heavy atom. The first kappa shape index (κ1) is 26.6. The summed E-state index contributed by atoms with van der Waals surface area (Å²) in [5, 5.41) is 13.8. The molecule has 0 radical (unpaired) electrons. The third-order valence-electron chi connectivity index (χ3n) is 6.62. The van der Waals surface area contributed by atoms with Crippen molar-refractivity contribution < 1.29 is 14.6 Å². The second-order valence-electron chi connectivity index (χ2n) is 10.6. The Balaban J connectivity index is 1.45. The van der Waals surface area contributed by atoms with E-state index >= 15 is 0 Å². The number of hydrogen-bond acceptors (Lipinski definition) is 4. The predicted molar refractivity (Wildman–Crippen MR) is 149 cm³/mol. The molecule has 1 aliphatic carbocycles. The first-order valence-electron chi connectivity index (χ1n) is 12.8. The van der Waals surface area contributed by atoms with E-state index in [1.807, 2.05) is 108 Å². The monoisotopic (exact) mass is 499 g/mol. The van der Waals surface area contributed by atoms with Gasteiger partial charge in [0.1, 0.15) is 5.84 Å². The minimum Gasteiger partial charge on any atom is -0.390 e. The average molecular weight is 500 g/mol. The minimum atomic E-state index is -0.680. The van der Waals surface area contributed by atoms with Crippen LogP contribution in [0.2, 0.25) is 0 Å². The summed E-state index contributed by atoms with van der Waals surface area (Å²) in [6.07, 6.45) is -0.180. The number of carbonyl (C=O) groups is 1. The van der Waals surface area contributed by atoms with Gasteiger partial charge in [0.05, 0.1) is 30.0 Å². The fourth-order valence-corrected chi connectivity index (χ4v) is 4.44. The van der Waals surface area contributed by atoms with E-state index in [1.165, 1.54) is 0 Å². The third-order valence-corrected chi connectivity index (χ3v) is 6.62. The lowest BCUT2D eigenvalue weighted by atomic mass is 10.0. The fraction of sp³-hybridized carbons (Fsp3) is 0.355. The van der Waals surface area contributed by atoms with Gasteiger partial charge in [-0.25, -0.2) is 4.99 Å². The number of aliphatic hydroxyl groups is 1. The van der Waals surface area contributed by atoms with Crippen molar-refractivity contribution in [3.63, 3.8) is 0 Å². The standard InChI is InChI=1S/C31H37N3O3/c1-21(34(5)17-18-37-31(2,3)4)32-26-16-15-25-19-28(35)29(27(25)20-26)33-30(36)24-13-11-23(12-14-24)22-9-7-6-8-10-22/h6-16,20,28-29,35H,17-19H2,1-5H3,(H,33,36)/t28-,29-/m1/s1. The van der Waals surface area contributed by atoms with Gasteiger partial charge in [-0.05, 0) is 74.2 Å². The van der Waals surface area contributed by atoms with E-state index in [0.29, 0.717) is 18.6 Å². The molecule has 3 aromatic carbocycles. The number of aliphatic imine (C=N–C) groups is 1. The molecule has 6 heteroatoms. The largest absolute Gasteiger partial charge is 0.390 e. The minimum absolute atomic E-state index is 0.171. The van der Waals surface area contributed by atoms with Crippen LogP contribution in [0.3, 0.4) is 0 Å². The third kappa shape index (κ3) is 6.85. The molecule has 0 heterocycles. The molecular weight excluding hydrogens is 462 g/mol. The van der Waals surface area contributed by atoms with Gasteiger partial charge in [0, 0.05) is 25.6 Å². The number of amides is 1. The molecule has 0 saturated carbocycles. The van der Waals surface area contributed by atoms with E-state index in [1.54, 1.807) is 0 Å². The normalized spacial score (nSPS) is 17.4. The SMILES string of the molecule is CC(=Nc1ccc2c(c1)[C@@H](NC(=O)c1ccc(-c3ccccc3)cc1)[C@H](O)C2)N(C)CCOC(C)(C)C. The van der Waals surface area contributed by atoms with Gasteiger partial charge in [-0.2, -0.15) is 0 Å². The zero-order chi connectivity index (χ0) is 26.6. The quantitative estimate of drug-likeness (QED) is 0.331. The Bertz CT molecular complexity index is 1250. The number of nitrogens with one attached hydrogen (secondary N) is 1. The van der Waals surface area contributed by atoms with E-state index in [2.05, 4.69) is 10.2 Å². The van der Waals surface area contributed by atoms with Gasteiger partial charge in [-0.1, -0.05) is 48.5 Å². The van der Waals surface area contributed by atoms with Gasteiger partial charge >= 0.3 is 0 Å². The summed E-state index contributed by atoms with van der Waals surface area (Å²) in [4.78, 5) is 19.9. The maximum Gasteiger partial charge on any atom is 0.251 e. The predicted octanol–water partition coefficient (Wildman–Crippen LogP) is 5.54. The summed E-state index contributed by atoms with van der Waals surface area (Å²) in [5.74, 6) is 0.662. The van der Waals surface area contributed by atoms with E-state index < -0.39 is 12.1 Å². The smallest absolute Gasteiger partial charge is 0.251 e. The Morgan fingerprint density at radius 1 is 1.05 bits per heavy atom. The maximum absolute atomic E-state index is 13.1. The number of likely N-dealkylation sites (N-methyl/N-ethyl adjacent to an activating group) is 1. The lowest BCUT2D eigenvalue weighted by molar-refractivity contribution is -0.00608. The van der Waals surface area contributed by atoms with Crippen molar-refractivity contribution in [1.29, 1.82) is 0 Å². The summed E-state index contributed by atoms with van der Waals surface area (Å²) in [6.45, 7) is 9.45. The van der Waals surface area contributed by atoms with Gasteiger partial charge in [0.25, 0.3) is 5.91 Å². The van der Waals surface area contributed by atoms with Crippen LogP contribution in [0.4, 0.5) is 5.69 Å². The Labute approximate surface area is 220 Å². The number of rotatable bonds is 7. The Hall–Kier alpha value is -3.48. The number of amidine groups is 1. The highest BCUT2D eigenvalue weighted by atomic mass is 16.5. The van der Waals surface area contributed by atoms with Crippen LogP contribution in [0.5, 0.6) is 0 Å². The van der Waals surface area contributed by atoms with Crippen LogP contribution in [0.25, 0.3) is 11.1 Å². The van der Waals surface area contributed by atoms with Crippen LogP contribution in [-0.4, -0.2) is 53.7 Å². The van der Waals surface area contributed by atoms with Crippen LogP contribution in [-0.2, 0) is 11.2 Å². The van der Waals surface area contributed by atoms with Crippen molar-refractivity contribution >= 4 is 17.4 Å². The van der Waals surface area contributed by atoms with Crippen molar-refractivity contribution in [2.45, 2.75) is 51.9 Å². The number of fused-ring (bicyclic) bond motifs is 1. The van der Waals surface area contributed by atoms with E-state index in [0.717, 1.165) is 40.3 Å². The van der Waals surface area contributed by atoms with Crippen molar-refractivity contribution in [3.8, 4) is 11.1 Å². The first-order chi connectivity index (χ1) is 17.6. The Kier molecular flexibility index (Phi) is 8.10. The molecule has 2 N–H and O–H groups in total. The summed E-state index contributed by atoms with van der Waals surface area (Å²) < 4.78 is 5.82. The molecule has 6 nitrogen and oxygen atoms in total. The summed E-state index contributed by atoms with van der Waals surface area (Å²) in [6, 6.07) is 23.0. The van der Waals surface area contributed by atoms with E-state index in [9.17, 15) is 9.90 Å². The van der Waals surface area contributed by atoms with E-state index in [4.69, 9.17) is 9.73 Å². The molecule has 0 saturated heterocycles. The molecule has 1 amide bonds. The van der Waals surface area contributed by atoms with Crippen LogP contribution < -0.4 is 5.32 Å². The number of carbonyl (C=O) groups excluding carboxylic acids is 1. The second kappa shape index (κ2) is 11.3. The van der Waals surface area contributed by atoms with Crippen molar-refractivity contribution in [3.05, 3.63) is 89.5 Å². The average Bonchev–Trinajstić information content (AvgIpc) is 3.18. The van der Waals surface area contributed by atoms with E-state index in [-0.39, 0.29) is 11.5 Å². The molecule has 194 valence electrons. The lowest BCUT2D eigenvalue weighted by Crippen LogP contribution is -2.33. The lowest BCUT2D eigenvalue weighted by Gasteiger charge is -2.24. The number of aliphatic hydroxyl groups excluding tert-OH is 1. The number of hydrogen-bond donors (Lipinski definition) is 2. The topological polar surface area (TPSA) is 74.2 Å². The highest BCUT2D eigenvalue weighted by Gasteiger charge is 2.32. The van der Waals surface area contributed by atoms with Gasteiger partial charge in [0.15, 0.2) is 0 Å². The van der Waals surface area contributed by atoms with Crippen molar-refractivity contribution in [2.24, 2.45) is 4.99 Å². The first-order valence-corrected chi connectivity index (χ1v) is 12.8. The molecular formula is C31H37N3O3. The van der Waals surface area contributed by atoms with Gasteiger partial charge in [-0.3, -0.25) is 4.79 Å². The molecule has 3 aromatic rings. The van der Waals surface area contributed by atoms with Crippen molar-refractivity contribution in [1.82, 2.24) is 10.2 Å². The molecule has 0 bridgehead atoms. The molecule has 0 aliphatic heterocycles. The maximum atomic E-state index is 13.1. The summed E-state index contributed by atoms with van der Waals surface area (Å²) >= 11 is 0. The zero-order valence-electron chi connectivity index (χ0n) is 22.4.